The Labute approximate surface area is 207 Å². The quantitative estimate of drug-likeness (QED) is 0.568. The summed E-state index contributed by atoms with van der Waals surface area (Å²) in [5, 5.41) is 7.45. The van der Waals surface area contributed by atoms with E-state index in [0.29, 0.717) is 17.5 Å². The normalized spacial score (nSPS) is 22.3. The van der Waals surface area contributed by atoms with Crippen molar-refractivity contribution in [2.24, 2.45) is 11.8 Å². The third kappa shape index (κ3) is 5.40. The highest BCUT2D eigenvalue weighted by Crippen LogP contribution is 2.39. The van der Waals surface area contributed by atoms with E-state index in [1.165, 1.54) is 5.01 Å². The fourth-order valence-corrected chi connectivity index (χ4v) is 4.96. The van der Waals surface area contributed by atoms with E-state index in [1.807, 2.05) is 55.5 Å². The largest absolute Gasteiger partial charge is 0.343 e. The molecule has 4 rings (SSSR count). The standard InChI is InChI=1S/C28H36N4O3/c1-17(2)13-14-20-15-24(29-16-20)27(34)30-19(4)26(33)31-32-25-12-8-7-11-23(25)22-10-6-5-9-21(22)18(3)28(32)35/h5-12,17-20,24,29H,13-16H2,1-4H3,(H,30,34)(H,31,33)/t18?,19-,20?,24-/m0/s1. The molecule has 1 saturated heterocycles. The average Bonchev–Trinajstić information content (AvgIpc) is 3.31. The highest BCUT2D eigenvalue weighted by Gasteiger charge is 2.34. The number of para-hydroxylation sites is 1. The van der Waals surface area contributed by atoms with E-state index in [0.717, 1.165) is 42.5 Å². The lowest BCUT2D eigenvalue weighted by molar-refractivity contribution is -0.130. The fourth-order valence-electron chi connectivity index (χ4n) is 4.96. The summed E-state index contributed by atoms with van der Waals surface area (Å²) in [7, 11) is 0. The third-order valence-electron chi connectivity index (χ3n) is 7.12. The van der Waals surface area contributed by atoms with E-state index in [9.17, 15) is 14.4 Å². The van der Waals surface area contributed by atoms with Gasteiger partial charge in [-0.25, -0.2) is 5.01 Å². The Hall–Kier alpha value is -3.19. The van der Waals surface area contributed by atoms with Gasteiger partial charge in [-0.3, -0.25) is 19.8 Å². The number of amides is 3. The zero-order valence-corrected chi connectivity index (χ0v) is 21.0. The van der Waals surface area contributed by atoms with E-state index in [2.05, 4.69) is 29.9 Å². The zero-order chi connectivity index (χ0) is 25.1. The maximum absolute atomic E-state index is 13.4. The van der Waals surface area contributed by atoms with Gasteiger partial charge in [0.1, 0.15) is 6.04 Å². The molecule has 0 spiro atoms. The molecule has 4 atom stereocenters. The van der Waals surface area contributed by atoms with Crippen LogP contribution >= 0.6 is 0 Å². The number of nitrogens with one attached hydrogen (secondary N) is 3. The predicted octanol–water partition coefficient (Wildman–Crippen LogP) is 3.75. The lowest BCUT2D eigenvalue weighted by Gasteiger charge is -2.27. The Balaban J connectivity index is 1.44. The molecule has 2 aliphatic rings. The molecule has 7 heteroatoms. The van der Waals surface area contributed by atoms with Crippen LogP contribution in [0.1, 0.15) is 58.4 Å². The monoisotopic (exact) mass is 476 g/mol. The second kappa shape index (κ2) is 10.6. The van der Waals surface area contributed by atoms with Crippen LogP contribution in [0.4, 0.5) is 5.69 Å². The summed E-state index contributed by atoms with van der Waals surface area (Å²) in [6, 6.07) is 14.3. The van der Waals surface area contributed by atoms with Gasteiger partial charge >= 0.3 is 0 Å². The van der Waals surface area contributed by atoms with Crippen molar-refractivity contribution >= 4 is 23.4 Å². The first-order chi connectivity index (χ1) is 16.8. The van der Waals surface area contributed by atoms with Gasteiger partial charge in [-0.2, -0.15) is 0 Å². The summed E-state index contributed by atoms with van der Waals surface area (Å²) in [4.78, 5) is 39.4. The van der Waals surface area contributed by atoms with Gasteiger partial charge in [-0.1, -0.05) is 62.7 Å². The molecule has 7 nitrogen and oxygen atoms in total. The molecule has 2 aliphatic heterocycles. The number of carbonyl (C=O) groups excluding carboxylic acids is 3. The van der Waals surface area contributed by atoms with Crippen molar-refractivity contribution in [3.63, 3.8) is 0 Å². The Morgan fingerprint density at radius 2 is 1.74 bits per heavy atom. The highest BCUT2D eigenvalue weighted by molar-refractivity contribution is 6.06. The minimum atomic E-state index is -0.792. The van der Waals surface area contributed by atoms with Crippen LogP contribution in [-0.2, 0) is 14.4 Å². The molecule has 0 saturated carbocycles. The predicted molar refractivity (Wildman–Crippen MR) is 137 cm³/mol. The SMILES string of the molecule is CC(C)CCC1CN[C@H](C(=O)N[C@@H](C)C(=O)NN2C(=O)C(C)c3ccccc3-c3ccccc32)C1. The van der Waals surface area contributed by atoms with Crippen molar-refractivity contribution in [1.82, 2.24) is 16.1 Å². The third-order valence-corrected chi connectivity index (χ3v) is 7.12. The average molecular weight is 477 g/mol. The van der Waals surface area contributed by atoms with Gasteiger partial charge in [0.2, 0.25) is 5.91 Å². The Bertz CT molecular complexity index is 1100. The van der Waals surface area contributed by atoms with Crippen molar-refractivity contribution < 1.29 is 14.4 Å². The van der Waals surface area contributed by atoms with Crippen molar-refractivity contribution in [1.29, 1.82) is 0 Å². The van der Waals surface area contributed by atoms with Crippen molar-refractivity contribution in [3.05, 3.63) is 54.1 Å². The van der Waals surface area contributed by atoms with Gasteiger partial charge in [0.05, 0.1) is 17.6 Å². The number of rotatable bonds is 7. The minimum absolute atomic E-state index is 0.178. The first kappa shape index (κ1) is 24.9. The topological polar surface area (TPSA) is 90.5 Å². The maximum atomic E-state index is 13.4. The van der Waals surface area contributed by atoms with Gasteiger partial charge in [-0.15, -0.1) is 0 Å². The molecule has 0 radical (unpaired) electrons. The smallest absolute Gasteiger partial charge is 0.261 e. The molecule has 2 unspecified atom stereocenters. The van der Waals surface area contributed by atoms with E-state index in [1.54, 1.807) is 6.92 Å². The van der Waals surface area contributed by atoms with Crippen LogP contribution in [0.2, 0.25) is 0 Å². The molecule has 186 valence electrons. The van der Waals surface area contributed by atoms with Crippen LogP contribution in [0.15, 0.2) is 48.5 Å². The Morgan fingerprint density at radius 3 is 2.49 bits per heavy atom. The minimum Gasteiger partial charge on any atom is -0.343 e. The van der Waals surface area contributed by atoms with E-state index >= 15 is 0 Å². The second-order valence-electron chi connectivity index (χ2n) is 10.2. The molecular weight excluding hydrogens is 440 g/mol. The van der Waals surface area contributed by atoms with Crippen LogP contribution in [-0.4, -0.2) is 36.3 Å². The van der Waals surface area contributed by atoms with Crippen LogP contribution in [0.25, 0.3) is 11.1 Å². The summed E-state index contributed by atoms with van der Waals surface area (Å²) in [5.41, 5.74) is 6.16. The molecule has 2 heterocycles. The van der Waals surface area contributed by atoms with Crippen LogP contribution in [0.5, 0.6) is 0 Å². The highest BCUT2D eigenvalue weighted by atomic mass is 16.2. The number of nitrogens with zero attached hydrogens (tertiary/aromatic N) is 1. The molecule has 0 bridgehead atoms. The number of hydrogen-bond acceptors (Lipinski definition) is 4. The van der Waals surface area contributed by atoms with Crippen LogP contribution < -0.4 is 21.1 Å². The van der Waals surface area contributed by atoms with E-state index < -0.39 is 17.9 Å². The summed E-state index contributed by atoms with van der Waals surface area (Å²) >= 11 is 0. The van der Waals surface area contributed by atoms with E-state index in [4.69, 9.17) is 0 Å². The number of benzene rings is 2. The number of hydrazine groups is 1. The lowest BCUT2D eigenvalue weighted by atomic mass is 9.92. The summed E-state index contributed by atoms with van der Waals surface area (Å²) < 4.78 is 0. The summed E-state index contributed by atoms with van der Waals surface area (Å²) in [5.74, 6) is -0.147. The van der Waals surface area contributed by atoms with E-state index in [-0.39, 0.29) is 17.9 Å². The number of fused-ring (bicyclic) bond motifs is 3. The molecule has 3 amide bonds. The molecule has 0 aliphatic carbocycles. The molecule has 3 N–H and O–H groups in total. The molecule has 2 aromatic rings. The van der Waals surface area contributed by atoms with Crippen molar-refractivity contribution in [2.75, 3.05) is 11.6 Å². The van der Waals surface area contributed by atoms with Crippen LogP contribution in [0.3, 0.4) is 0 Å². The Morgan fingerprint density at radius 1 is 1.06 bits per heavy atom. The van der Waals surface area contributed by atoms with Gasteiger partial charge < -0.3 is 10.6 Å². The second-order valence-corrected chi connectivity index (χ2v) is 10.2. The van der Waals surface area contributed by atoms with Gasteiger partial charge in [0, 0.05) is 5.56 Å². The Kier molecular flexibility index (Phi) is 7.55. The van der Waals surface area contributed by atoms with Gasteiger partial charge in [0.25, 0.3) is 11.8 Å². The number of carbonyl (C=O) groups is 3. The fraction of sp³-hybridized carbons (Fsp3) is 0.464. The first-order valence-corrected chi connectivity index (χ1v) is 12.6. The molecule has 0 aromatic heterocycles. The van der Waals surface area contributed by atoms with Gasteiger partial charge in [0.15, 0.2) is 0 Å². The zero-order valence-electron chi connectivity index (χ0n) is 21.0. The van der Waals surface area contributed by atoms with Crippen LogP contribution in [0, 0.1) is 11.8 Å². The number of anilines is 1. The maximum Gasteiger partial charge on any atom is 0.261 e. The number of hydrogen-bond donors (Lipinski definition) is 3. The summed E-state index contributed by atoms with van der Waals surface area (Å²) in [6.45, 7) is 8.73. The van der Waals surface area contributed by atoms with Crippen molar-refractivity contribution in [3.8, 4) is 11.1 Å². The molecule has 1 fully saturated rings. The molecule has 2 aromatic carbocycles. The van der Waals surface area contributed by atoms with Crippen molar-refractivity contribution in [2.45, 2.75) is 65.0 Å². The molecule has 35 heavy (non-hydrogen) atoms. The first-order valence-electron chi connectivity index (χ1n) is 12.6. The molecular formula is C28H36N4O3. The summed E-state index contributed by atoms with van der Waals surface area (Å²) in [6.07, 6.45) is 3.02. The van der Waals surface area contributed by atoms with Gasteiger partial charge in [-0.05, 0) is 62.3 Å². The lowest BCUT2D eigenvalue weighted by Crippen LogP contribution is -2.55.